The van der Waals surface area contributed by atoms with Crippen LogP contribution in [0.3, 0.4) is 0 Å². The van der Waals surface area contributed by atoms with Crippen LogP contribution in [0.1, 0.15) is 17.3 Å². The van der Waals surface area contributed by atoms with Gasteiger partial charge in [-0.05, 0) is 25.1 Å². The van der Waals surface area contributed by atoms with Gasteiger partial charge in [-0.25, -0.2) is 4.39 Å². The van der Waals surface area contributed by atoms with Gasteiger partial charge in [0.1, 0.15) is 5.75 Å². The second-order valence-corrected chi connectivity index (χ2v) is 4.48. The van der Waals surface area contributed by atoms with Crippen LogP contribution in [0.5, 0.6) is 5.75 Å². The summed E-state index contributed by atoms with van der Waals surface area (Å²) in [7, 11) is 0. The third kappa shape index (κ3) is 3.47. The monoisotopic (exact) mass is 294 g/mol. The Morgan fingerprint density at radius 1 is 1.60 bits per heavy atom. The standard InChI is InChI=1S/C10H9BrClFO2/c1-6(12)10(14)7-2-8(11)4-9(3-7)15-5-13/h2-4,6H,5H2,1H3. The Hall–Kier alpha value is -0.610. The minimum Gasteiger partial charge on any atom is -0.463 e. The van der Waals surface area contributed by atoms with Crippen LogP contribution in [0.25, 0.3) is 0 Å². The third-order valence-corrected chi connectivity index (χ3v) is 2.39. The van der Waals surface area contributed by atoms with Crippen molar-refractivity contribution in [3.05, 3.63) is 28.2 Å². The van der Waals surface area contributed by atoms with E-state index in [1.165, 1.54) is 6.07 Å². The fraction of sp³-hybridized carbons (Fsp3) is 0.300. The van der Waals surface area contributed by atoms with Crippen LogP contribution in [0, 0.1) is 0 Å². The highest BCUT2D eigenvalue weighted by atomic mass is 79.9. The molecule has 0 spiro atoms. The average Bonchev–Trinajstić information content (AvgIpc) is 2.16. The van der Waals surface area contributed by atoms with Crippen LogP contribution in [0.4, 0.5) is 4.39 Å². The quantitative estimate of drug-likeness (QED) is 0.627. The summed E-state index contributed by atoms with van der Waals surface area (Å²) >= 11 is 8.87. The molecule has 0 bridgehead atoms. The number of hydrogen-bond donors (Lipinski definition) is 0. The number of carbonyl (C=O) groups excluding carboxylic acids is 1. The lowest BCUT2D eigenvalue weighted by molar-refractivity contribution is 0.0990. The number of alkyl halides is 2. The maximum atomic E-state index is 12.0. The van der Waals surface area contributed by atoms with Crippen LogP contribution in [0.15, 0.2) is 22.7 Å². The molecule has 0 saturated carbocycles. The lowest BCUT2D eigenvalue weighted by Crippen LogP contribution is -2.10. The van der Waals surface area contributed by atoms with Gasteiger partial charge in [-0.15, -0.1) is 11.6 Å². The first-order valence-corrected chi connectivity index (χ1v) is 5.45. The lowest BCUT2D eigenvalue weighted by atomic mass is 10.1. The molecule has 15 heavy (non-hydrogen) atoms. The largest absolute Gasteiger partial charge is 0.463 e. The van der Waals surface area contributed by atoms with Gasteiger partial charge in [-0.1, -0.05) is 15.9 Å². The number of benzene rings is 1. The summed E-state index contributed by atoms with van der Waals surface area (Å²) in [6.45, 7) is 0.654. The van der Waals surface area contributed by atoms with E-state index in [1.54, 1.807) is 19.1 Å². The fourth-order valence-electron chi connectivity index (χ4n) is 1.08. The van der Waals surface area contributed by atoms with Crippen molar-refractivity contribution in [1.29, 1.82) is 0 Å². The van der Waals surface area contributed by atoms with E-state index in [-0.39, 0.29) is 5.78 Å². The van der Waals surface area contributed by atoms with E-state index in [2.05, 4.69) is 20.7 Å². The Bertz CT molecular complexity index is 368. The van der Waals surface area contributed by atoms with E-state index in [1.807, 2.05) is 0 Å². The molecule has 0 aliphatic heterocycles. The van der Waals surface area contributed by atoms with Crippen molar-refractivity contribution >= 4 is 33.3 Å². The number of rotatable bonds is 4. The Labute approximate surface area is 101 Å². The average molecular weight is 296 g/mol. The molecule has 0 N–H and O–H groups in total. The molecule has 0 fully saturated rings. The Kier molecular flexibility index (Phi) is 4.54. The van der Waals surface area contributed by atoms with Gasteiger partial charge >= 0.3 is 0 Å². The highest BCUT2D eigenvalue weighted by Gasteiger charge is 2.13. The van der Waals surface area contributed by atoms with Gasteiger partial charge < -0.3 is 4.74 Å². The topological polar surface area (TPSA) is 26.3 Å². The first kappa shape index (κ1) is 12.5. The molecule has 0 aromatic heterocycles. The summed E-state index contributed by atoms with van der Waals surface area (Å²) in [6, 6.07) is 4.66. The molecule has 1 aromatic rings. The molecule has 0 aliphatic carbocycles. The fourth-order valence-corrected chi connectivity index (χ4v) is 1.68. The molecule has 0 heterocycles. The summed E-state index contributed by atoms with van der Waals surface area (Å²) < 4.78 is 17.3. The van der Waals surface area contributed by atoms with Gasteiger partial charge in [0.05, 0.1) is 5.38 Å². The van der Waals surface area contributed by atoms with Crippen molar-refractivity contribution in [1.82, 2.24) is 0 Å². The highest BCUT2D eigenvalue weighted by molar-refractivity contribution is 9.10. The summed E-state index contributed by atoms with van der Waals surface area (Å²) in [5.41, 5.74) is 0.398. The third-order valence-electron chi connectivity index (χ3n) is 1.74. The van der Waals surface area contributed by atoms with Crippen molar-refractivity contribution in [3.8, 4) is 5.75 Å². The lowest BCUT2D eigenvalue weighted by Gasteiger charge is -2.06. The Morgan fingerprint density at radius 3 is 2.80 bits per heavy atom. The van der Waals surface area contributed by atoms with Crippen LogP contribution in [-0.4, -0.2) is 18.0 Å². The first-order valence-electron chi connectivity index (χ1n) is 4.22. The van der Waals surface area contributed by atoms with Gasteiger partial charge in [0.2, 0.25) is 6.86 Å². The second kappa shape index (κ2) is 5.47. The predicted molar refractivity (Wildman–Crippen MR) is 60.4 cm³/mol. The molecule has 0 aliphatic rings. The van der Waals surface area contributed by atoms with Gasteiger partial charge in [0.25, 0.3) is 0 Å². The summed E-state index contributed by atoms with van der Waals surface area (Å²) in [5, 5.41) is -0.613. The van der Waals surface area contributed by atoms with Gasteiger partial charge in [-0.3, -0.25) is 4.79 Å². The number of Topliss-reactive ketones (excluding diaryl/α,β-unsaturated/α-hetero) is 1. The molecule has 0 amide bonds. The second-order valence-electron chi connectivity index (χ2n) is 2.91. The summed E-state index contributed by atoms with van der Waals surface area (Å²) in [5.74, 6) is 0.0780. The van der Waals surface area contributed by atoms with Gasteiger partial charge in [-0.2, -0.15) is 0 Å². The van der Waals surface area contributed by atoms with Crippen molar-refractivity contribution in [2.75, 3.05) is 6.86 Å². The predicted octanol–water partition coefficient (Wildman–Crippen LogP) is 3.56. The van der Waals surface area contributed by atoms with Crippen LogP contribution >= 0.6 is 27.5 Å². The van der Waals surface area contributed by atoms with Crippen molar-refractivity contribution in [2.24, 2.45) is 0 Å². The molecular formula is C10H9BrClFO2. The van der Waals surface area contributed by atoms with Crippen molar-refractivity contribution in [3.63, 3.8) is 0 Å². The molecule has 5 heteroatoms. The zero-order valence-electron chi connectivity index (χ0n) is 7.97. The SMILES string of the molecule is CC(Cl)C(=O)c1cc(Br)cc(OCF)c1. The molecule has 0 radical (unpaired) electrons. The van der Waals surface area contributed by atoms with Crippen LogP contribution < -0.4 is 4.74 Å². The number of ketones is 1. The number of carbonyl (C=O) groups is 1. The van der Waals surface area contributed by atoms with E-state index in [0.717, 1.165) is 0 Å². The number of hydrogen-bond acceptors (Lipinski definition) is 2. The highest BCUT2D eigenvalue weighted by Crippen LogP contribution is 2.23. The number of ether oxygens (including phenoxy) is 1. The molecule has 82 valence electrons. The molecule has 1 rings (SSSR count). The Morgan fingerprint density at radius 2 is 2.27 bits per heavy atom. The maximum absolute atomic E-state index is 12.0. The van der Waals surface area contributed by atoms with Gasteiger partial charge in [0.15, 0.2) is 5.78 Å². The zero-order chi connectivity index (χ0) is 11.4. The van der Waals surface area contributed by atoms with E-state index < -0.39 is 12.2 Å². The van der Waals surface area contributed by atoms with E-state index in [9.17, 15) is 9.18 Å². The minimum atomic E-state index is -0.930. The Balaban J connectivity index is 3.03. The van der Waals surface area contributed by atoms with Crippen LogP contribution in [-0.2, 0) is 0 Å². The van der Waals surface area contributed by atoms with Crippen LogP contribution in [0.2, 0.25) is 0 Å². The molecular weight excluding hydrogens is 286 g/mol. The first-order chi connectivity index (χ1) is 7.04. The normalized spacial score (nSPS) is 12.3. The van der Waals surface area contributed by atoms with Gasteiger partial charge in [0, 0.05) is 10.0 Å². The van der Waals surface area contributed by atoms with Crippen molar-refractivity contribution in [2.45, 2.75) is 12.3 Å². The maximum Gasteiger partial charge on any atom is 0.228 e. The summed E-state index contributed by atoms with van der Waals surface area (Å²) in [6.07, 6.45) is 0. The van der Waals surface area contributed by atoms with E-state index in [0.29, 0.717) is 15.8 Å². The van der Waals surface area contributed by atoms with Crippen molar-refractivity contribution < 1.29 is 13.9 Å². The summed E-state index contributed by atoms with van der Waals surface area (Å²) in [4.78, 5) is 11.6. The molecule has 1 unspecified atom stereocenters. The molecule has 2 nitrogen and oxygen atoms in total. The molecule has 1 aromatic carbocycles. The molecule has 1 atom stereocenters. The number of halogens is 3. The minimum absolute atomic E-state index is 0.221. The smallest absolute Gasteiger partial charge is 0.228 e. The zero-order valence-corrected chi connectivity index (χ0v) is 10.3. The van der Waals surface area contributed by atoms with E-state index in [4.69, 9.17) is 11.6 Å². The van der Waals surface area contributed by atoms with E-state index >= 15 is 0 Å². The molecule has 0 saturated heterocycles.